The first-order valence-electron chi connectivity index (χ1n) is 4.79. The molecule has 0 aromatic heterocycles. The van der Waals surface area contributed by atoms with Crippen LogP contribution in [0.4, 0.5) is 5.69 Å². The molecule has 1 aliphatic rings. The number of amides is 1. The van der Waals surface area contributed by atoms with Crippen LogP contribution in [0, 0.1) is 11.3 Å². The first-order valence-corrected chi connectivity index (χ1v) is 4.79. The van der Waals surface area contributed by atoms with E-state index >= 15 is 0 Å². The third kappa shape index (κ3) is 2.16. The quantitative estimate of drug-likeness (QED) is 0.794. The highest BCUT2D eigenvalue weighted by molar-refractivity contribution is 5.99. The Bertz CT molecular complexity index is 424. The molecule has 0 radical (unpaired) electrons. The summed E-state index contributed by atoms with van der Waals surface area (Å²) in [6.45, 7) is 0.659. The largest absolute Gasteiger partial charge is 0.320 e. The molecule has 0 spiro atoms. The topological polar surface area (TPSA) is 70.1 Å². The van der Waals surface area contributed by atoms with E-state index in [4.69, 9.17) is 11.0 Å². The van der Waals surface area contributed by atoms with Crippen molar-refractivity contribution >= 4 is 24.0 Å². The lowest BCUT2D eigenvalue weighted by atomic mass is 10.2. The van der Waals surface area contributed by atoms with E-state index in [1.807, 2.05) is 6.07 Å². The summed E-state index contributed by atoms with van der Waals surface area (Å²) in [6, 6.07) is 8.61. The van der Waals surface area contributed by atoms with Gasteiger partial charge >= 0.3 is 0 Å². The van der Waals surface area contributed by atoms with Crippen molar-refractivity contribution in [2.45, 2.75) is 12.5 Å². The molecular weight excluding hydrogens is 226 g/mol. The SMILES string of the molecule is Cl.N#Cc1ccc(N2CCC(N)C2=O)cc1. The van der Waals surface area contributed by atoms with Crippen molar-refractivity contribution in [3.05, 3.63) is 29.8 Å². The van der Waals surface area contributed by atoms with Gasteiger partial charge in [0.15, 0.2) is 0 Å². The van der Waals surface area contributed by atoms with Crippen molar-refractivity contribution in [1.29, 1.82) is 5.26 Å². The number of anilines is 1. The van der Waals surface area contributed by atoms with Crippen LogP contribution < -0.4 is 10.6 Å². The summed E-state index contributed by atoms with van der Waals surface area (Å²) in [5.74, 6) is -0.0419. The molecule has 1 amide bonds. The third-order valence-corrected chi connectivity index (χ3v) is 2.56. The highest BCUT2D eigenvalue weighted by Gasteiger charge is 2.29. The molecule has 1 heterocycles. The normalized spacial score (nSPS) is 19.1. The molecule has 5 heteroatoms. The van der Waals surface area contributed by atoms with Gasteiger partial charge < -0.3 is 10.6 Å². The number of hydrogen-bond donors (Lipinski definition) is 1. The molecule has 0 saturated carbocycles. The standard InChI is InChI=1S/C11H11N3O.ClH/c12-7-8-1-3-9(4-2-8)14-6-5-10(13)11(14)15;/h1-4,10H,5-6,13H2;1H. The van der Waals surface area contributed by atoms with E-state index in [1.165, 1.54) is 0 Å². The molecule has 1 unspecified atom stereocenters. The van der Waals surface area contributed by atoms with Crippen LogP contribution >= 0.6 is 12.4 Å². The number of benzene rings is 1. The zero-order valence-electron chi connectivity index (χ0n) is 8.59. The Hall–Kier alpha value is -1.57. The minimum absolute atomic E-state index is 0. The smallest absolute Gasteiger partial charge is 0.243 e. The Morgan fingerprint density at radius 2 is 2.00 bits per heavy atom. The highest BCUT2D eigenvalue weighted by Crippen LogP contribution is 2.20. The van der Waals surface area contributed by atoms with Crippen LogP contribution in [0.1, 0.15) is 12.0 Å². The molecule has 16 heavy (non-hydrogen) atoms. The van der Waals surface area contributed by atoms with Crippen molar-refractivity contribution in [1.82, 2.24) is 0 Å². The van der Waals surface area contributed by atoms with Crippen LogP contribution in [-0.2, 0) is 4.79 Å². The van der Waals surface area contributed by atoms with Crippen molar-refractivity contribution in [2.24, 2.45) is 5.73 Å². The van der Waals surface area contributed by atoms with Gasteiger partial charge in [-0.1, -0.05) is 0 Å². The fourth-order valence-electron chi connectivity index (χ4n) is 1.67. The molecule has 1 atom stereocenters. The number of carbonyl (C=O) groups excluding carboxylic acids is 1. The first kappa shape index (κ1) is 12.5. The van der Waals surface area contributed by atoms with E-state index in [-0.39, 0.29) is 24.4 Å². The average Bonchev–Trinajstić information content (AvgIpc) is 2.60. The van der Waals surface area contributed by atoms with Crippen LogP contribution in [0.15, 0.2) is 24.3 Å². The zero-order valence-corrected chi connectivity index (χ0v) is 9.41. The molecule has 1 aromatic carbocycles. The van der Waals surface area contributed by atoms with E-state index in [2.05, 4.69) is 0 Å². The Balaban J connectivity index is 0.00000128. The number of nitrogens with two attached hydrogens (primary N) is 1. The van der Waals surface area contributed by atoms with Crippen molar-refractivity contribution in [2.75, 3.05) is 11.4 Å². The summed E-state index contributed by atoms with van der Waals surface area (Å²) >= 11 is 0. The van der Waals surface area contributed by atoms with Gasteiger partial charge in [-0.3, -0.25) is 4.79 Å². The molecule has 1 fully saturated rings. The average molecular weight is 238 g/mol. The molecule has 0 aliphatic carbocycles. The minimum atomic E-state index is -0.374. The molecule has 2 rings (SSSR count). The van der Waals surface area contributed by atoms with Gasteiger partial charge in [-0.15, -0.1) is 12.4 Å². The second-order valence-electron chi connectivity index (χ2n) is 3.54. The maximum atomic E-state index is 11.6. The summed E-state index contributed by atoms with van der Waals surface area (Å²) in [6.07, 6.45) is 0.693. The van der Waals surface area contributed by atoms with Gasteiger partial charge in [-0.05, 0) is 30.7 Å². The van der Waals surface area contributed by atoms with E-state index in [0.29, 0.717) is 18.5 Å². The zero-order chi connectivity index (χ0) is 10.8. The Labute approximate surface area is 100 Å². The van der Waals surface area contributed by atoms with Crippen molar-refractivity contribution < 1.29 is 4.79 Å². The minimum Gasteiger partial charge on any atom is -0.320 e. The molecule has 4 nitrogen and oxygen atoms in total. The first-order chi connectivity index (χ1) is 7.22. The van der Waals surface area contributed by atoms with E-state index < -0.39 is 0 Å². The second-order valence-corrected chi connectivity index (χ2v) is 3.54. The van der Waals surface area contributed by atoms with Crippen LogP contribution in [-0.4, -0.2) is 18.5 Å². The van der Waals surface area contributed by atoms with Gasteiger partial charge in [0.2, 0.25) is 5.91 Å². The molecule has 1 aromatic rings. The van der Waals surface area contributed by atoms with E-state index in [0.717, 1.165) is 5.69 Å². The van der Waals surface area contributed by atoms with E-state index in [1.54, 1.807) is 29.2 Å². The monoisotopic (exact) mass is 237 g/mol. The molecule has 84 valence electrons. The van der Waals surface area contributed by atoms with Crippen LogP contribution in [0.2, 0.25) is 0 Å². The van der Waals surface area contributed by atoms with Gasteiger partial charge in [0, 0.05) is 12.2 Å². The van der Waals surface area contributed by atoms with Crippen LogP contribution in [0.25, 0.3) is 0 Å². The fourth-order valence-corrected chi connectivity index (χ4v) is 1.67. The second kappa shape index (κ2) is 4.97. The molecule has 1 saturated heterocycles. The lowest BCUT2D eigenvalue weighted by molar-refractivity contribution is -0.118. The lowest BCUT2D eigenvalue weighted by Crippen LogP contribution is -2.33. The molecule has 0 bridgehead atoms. The summed E-state index contributed by atoms with van der Waals surface area (Å²) < 4.78 is 0. The number of nitriles is 1. The Morgan fingerprint density at radius 3 is 2.44 bits per heavy atom. The lowest BCUT2D eigenvalue weighted by Gasteiger charge is -2.15. The van der Waals surface area contributed by atoms with Gasteiger partial charge in [0.1, 0.15) is 0 Å². The number of rotatable bonds is 1. The number of nitrogens with zero attached hydrogens (tertiary/aromatic N) is 2. The number of carbonyl (C=O) groups is 1. The Morgan fingerprint density at radius 1 is 1.38 bits per heavy atom. The fraction of sp³-hybridized carbons (Fsp3) is 0.273. The van der Waals surface area contributed by atoms with E-state index in [9.17, 15) is 4.79 Å². The molecule has 2 N–H and O–H groups in total. The van der Waals surface area contributed by atoms with Crippen molar-refractivity contribution in [3.8, 4) is 6.07 Å². The van der Waals surface area contributed by atoms with Gasteiger partial charge in [-0.25, -0.2) is 0 Å². The predicted molar refractivity (Wildman–Crippen MR) is 63.4 cm³/mol. The van der Waals surface area contributed by atoms with Crippen LogP contribution in [0.3, 0.4) is 0 Å². The van der Waals surface area contributed by atoms with Crippen LogP contribution in [0.5, 0.6) is 0 Å². The van der Waals surface area contributed by atoms with Crippen molar-refractivity contribution in [3.63, 3.8) is 0 Å². The summed E-state index contributed by atoms with van der Waals surface area (Å²) in [5, 5.41) is 8.64. The van der Waals surface area contributed by atoms with Gasteiger partial charge in [0.05, 0.1) is 17.7 Å². The highest BCUT2D eigenvalue weighted by atomic mass is 35.5. The number of halogens is 1. The Kier molecular flexibility index (Phi) is 3.88. The van der Waals surface area contributed by atoms with Gasteiger partial charge in [-0.2, -0.15) is 5.26 Å². The number of hydrogen-bond acceptors (Lipinski definition) is 3. The molecular formula is C11H12ClN3O. The maximum absolute atomic E-state index is 11.6. The van der Waals surface area contributed by atoms with Gasteiger partial charge in [0.25, 0.3) is 0 Å². The molecule has 1 aliphatic heterocycles. The third-order valence-electron chi connectivity index (χ3n) is 2.56. The summed E-state index contributed by atoms with van der Waals surface area (Å²) in [5.41, 5.74) is 7.02. The summed E-state index contributed by atoms with van der Waals surface area (Å²) in [7, 11) is 0. The summed E-state index contributed by atoms with van der Waals surface area (Å²) in [4.78, 5) is 13.3. The maximum Gasteiger partial charge on any atom is 0.243 e. The predicted octanol–water partition coefficient (Wildman–Crippen LogP) is 1.04.